The number of thiocarbonyl (C=S) groups is 1. The van der Waals surface area contributed by atoms with E-state index in [1.54, 1.807) is 0 Å². The quantitative estimate of drug-likeness (QED) is 0.584. The molecule has 1 aromatic rings. The van der Waals surface area contributed by atoms with E-state index in [4.69, 9.17) is 28.6 Å². The van der Waals surface area contributed by atoms with Crippen molar-refractivity contribution in [2.45, 2.75) is 19.3 Å². The van der Waals surface area contributed by atoms with Crippen LogP contribution >= 0.6 is 23.8 Å². The lowest BCUT2D eigenvalue weighted by Crippen LogP contribution is -2.17. The van der Waals surface area contributed by atoms with Crippen LogP contribution in [-0.2, 0) is 4.74 Å². The van der Waals surface area contributed by atoms with Crippen molar-refractivity contribution < 1.29 is 4.74 Å². The molecule has 0 bridgehead atoms. The highest BCUT2D eigenvalue weighted by atomic mass is 35.5. The first-order valence-electron chi connectivity index (χ1n) is 6.07. The van der Waals surface area contributed by atoms with Crippen molar-refractivity contribution in [3.05, 3.63) is 34.9 Å². The number of ether oxygens (including phenoxy) is 1. The molecule has 18 heavy (non-hydrogen) atoms. The van der Waals surface area contributed by atoms with Crippen molar-refractivity contribution in [1.82, 2.24) is 4.90 Å². The molecule has 0 spiro atoms. The number of hydrogen-bond donors (Lipinski definition) is 0. The van der Waals surface area contributed by atoms with E-state index in [9.17, 15) is 0 Å². The molecule has 0 aliphatic rings. The fourth-order valence-corrected chi connectivity index (χ4v) is 1.91. The second kappa shape index (κ2) is 7.72. The molecule has 1 aromatic carbocycles. The molecule has 1 unspecified atom stereocenters. The molecule has 4 heteroatoms. The highest BCUT2D eigenvalue weighted by Crippen LogP contribution is 2.20. The number of benzene rings is 1. The molecule has 100 valence electrons. The Morgan fingerprint density at radius 2 is 1.94 bits per heavy atom. The van der Waals surface area contributed by atoms with Gasteiger partial charge in [-0.05, 0) is 50.4 Å². The summed E-state index contributed by atoms with van der Waals surface area (Å²) in [5.74, 6) is 0.122. The topological polar surface area (TPSA) is 12.5 Å². The normalized spacial score (nSPS) is 12.5. The van der Waals surface area contributed by atoms with Gasteiger partial charge in [-0.3, -0.25) is 0 Å². The first-order valence-corrected chi connectivity index (χ1v) is 6.86. The molecular weight excluding hydrogens is 266 g/mol. The summed E-state index contributed by atoms with van der Waals surface area (Å²) in [6.45, 7) is 3.74. The SMILES string of the molecule is CC(C(=S)OCCCN(C)C)c1ccc(Cl)cc1. The summed E-state index contributed by atoms with van der Waals surface area (Å²) in [6, 6.07) is 7.73. The minimum atomic E-state index is 0.122. The Bertz CT molecular complexity index is 378. The van der Waals surface area contributed by atoms with Crippen molar-refractivity contribution in [2.75, 3.05) is 27.2 Å². The van der Waals surface area contributed by atoms with E-state index in [0.29, 0.717) is 11.7 Å². The Morgan fingerprint density at radius 3 is 2.50 bits per heavy atom. The average molecular weight is 286 g/mol. The maximum Gasteiger partial charge on any atom is 0.166 e. The Kier molecular flexibility index (Phi) is 6.61. The minimum Gasteiger partial charge on any atom is -0.486 e. The molecule has 0 radical (unpaired) electrons. The largest absolute Gasteiger partial charge is 0.486 e. The summed E-state index contributed by atoms with van der Waals surface area (Å²) >= 11 is 11.2. The third-order valence-corrected chi connectivity index (χ3v) is 3.44. The van der Waals surface area contributed by atoms with Crippen LogP contribution in [0.15, 0.2) is 24.3 Å². The van der Waals surface area contributed by atoms with Crippen molar-refractivity contribution in [1.29, 1.82) is 0 Å². The first kappa shape index (κ1) is 15.4. The molecule has 0 aliphatic carbocycles. The number of rotatable bonds is 6. The van der Waals surface area contributed by atoms with Gasteiger partial charge in [-0.1, -0.05) is 30.7 Å². The highest BCUT2D eigenvalue weighted by Gasteiger charge is 2.12. The second-order valence-corrected chi connectivity index (χ2v) is 5.44. The molecule has 0 N–H and O–H groups in total. The molecular formula is C14H20ClNOS. The standard InChI is InChI=1S/C14H20ClNOS/c1-11(12-5-7-13(15)8-6-12)14(18)17-10-4-9-16(2)3/h5-8,11H,4,9-10H2,1-3H3. The number of halogens is 1. The molecule has 1 atom stereocenters. The predicted molar refractivity (Wildman–Crippen MR) is 81.6 cm³/mol. The second-order valence-electron chi connectivity index (χ2n) is 4.60. The van der Waals surface area contributed by atoms with E-state index in [2.05, 4.69) is 25.9 Å². The van der Waals surface area contributed by atoms with Gasteiger partial charge >= 0.3 is 0 Å². The molecule has 0 aliphatic heterocycles. The number of hydrogen-bond acceptors (Lipinski definition) is 3. The molecule has 0 saturated heterocycles. The van der Waals surface area contributed by atoms with Crippen LogP contribution < -0.4 is 0 Å². The van der Waals surface area contributed by atoms with E-state index >= 15 is 0 Å². The lowest BCUT2D eigenvalue weighted by Gasteiger charge is -2.15. The van der Waals surface area contributed by atoms with Crippen LogP contribution in [0.3, 0.4) is 0 Å². The third-order valence-electron chi connectivity index (χ3n) is 2.72. The van der Waals surface area contributed by atoms with Crippen LogP contribution in [0.1, 0.15) is 24.8 Å². The fraction of sp³-hybridized carbons (Fsp3) is 0.500. The Balaban J connectivity index is 2.39. The van der Waals surface area contributed by atoms with Gasteiger partial charge < -0.3 is 9.64 Å². The lowest BCUT2D eigenvalue weighted by molar-refractivity contribution is 0.269. The van der Waals surface area contributed by atoms with Gasteiger partial charge in [0.2, 0.25) is 0 Å². The van der Waals surface area contributed by atoms with Crippen LogP contribution in [0.2, 0.25) is 5.02 Å². The Labute approximate surface area is 120 Å². The van der Waals surface area contributed by atoms with Crippen LogP contribution in [-0.4, -0.2) is 37.2 Å². The smallest absolute Gasteiger partial charge is 0.166 e. The van der Waals surface area contributed by atoms with Crippen molar-refractivity contribution >= 4 is 28.9 Å². The summed E-state index contributed by atoms with van der Waals surface area (Å²) in [5, 5.41) is 1.39. The Hall–Kier alpha value is -0.640. The molecule has 0 amide bonds. The van der Waals surface area contributed by atoms with Gasteiger partial charge in [-0.25, -0.2) is 0 Å². The zero-order chi connectivity index (χ0) is 13.5. The van der Waals surface area contributed by atoms with Crippen molar-refractivity contribution in [3.8, 4) is 0 Å². The molecule has 1 rings (SSSR count). The van der Waals surface area contributed by atoms with Gasteiger partial charge in [-0.15, -0.1) is 0 Å². The van der Waals surface area contributed by atoms with Gasteiger partial charge in [0.25, 0.3) is 0 Å². The summed E-state index contributed by atoms with van der Waals surface area (Å²) in [6.07, 6.45) is 0.987. The van der Waals surface area contributed by atoms with Crippen LogP contribution in [0.25, 0.3) is 0 Å². The van der Waals surface area contributed by atoms with Crippen LogP contribution in [0.4, 0.5) is 0 Å². The summed E-state index contributed by atoms with van der Waals surface area (Å²) in [7, 11) is 4.10. The van der Waals surface area contributed by atoms with E-state index in [1.807, 2.05) is 24.3 Å². The van der Waals surface area contributed by atoms with Gasteiger partial charge in [0, 0.05) is 17.5 Å². The van der Waals surface area contributed by atoms with Gasteiger partial charge in [0.05, 0.1) is 6.61 Å². The zero-order valence-corrected chi connectivity index (χ0v) is 12.7. The van der Waals surface area contributed by atoms with Crippen molar-refractivity contribution in [3.63, 3.8) is 0 Å². The van der Waals surface area contributed by atoms with E-state index in [1.165, 1.54) is 0 Å². The van der Waals surface area contributed by atoms with Gasteiger partial charge in [-0.2, -0.15) is 0 Å². The maximum absolute atomic E-state index is 5.86. The average Bonchev–Trinajstić information content (AvgIpc) is 2.34. The molecule has 0 fully saturated rings. The van der Waals surface area contributed by atoms with Crippen LogP contribution in [0.5, 0.6) is 0 Å². The summed E-state index contributed by atoms with van der Waals surface area (Å²) in [5.41, 5.74) is 1.14. The van der Waals surface area contributed by atoms with Crippen molar-refractivity contribution in [2.24, 2.45) is 0 Å². The predicted octanol–water partition coefficient (Wildman–Crippen LogP) is 3.74. The van der Waals surface area contributed by atoms with Gasteiger partial charge in [0.15, 0.2) is 5.05 Å². The van der Waals surface area contributed by atoms with E-state index in [0.717, 1.165) is 23.6 Å². The zero-order valence-electron chi connectivity index (χ0n) is 11.1. The molecule has 0 saturated carbocycles. The Morgan fingerprint density at radius 1 is 1.33 bits per heavy atom. The number of nitrogens with zero attached hydrogens (tertiary/aromatic N) is 1. The van der Waals surface area contributed by atoms with E-state index < -0.39 is 0 Å². The third kappa shape index (κ3) is 5.34. The maximum atomic E-state index is 5.86. The summed E-state index contributed by atoms with van der Waals surface area (Å²) in [4.78, 5) is 2.13. The molecule has 0 aromatic heterocycles. The van der Waals surface area contributed by atoms with Gasteiger partial charge in [0.1, 0.15) is 0 Å². The first-order chi connectivity index (χ1) is 8.50. The monoisotopic (exact) mass is 285 g/mol. The van der Waals surface area contributed by atoms with E-state index in [-0.39, 0.29) is 5.92 Å². The van der Waals surface area contributed by atoms with Crippen LogP contribution in [0, 0.1) is 0 Å². The molecule has 0 heterocycles. The molecule has 2 nitrogen and oxygen atoms in total. The highest BCUT2D eigenvalue weighted by molar-refractivity contribution is 7.80. The lowest BCUT2D eigenvalue weighted by atomic mass is 10.0. The minimum absolute atomic E-state index is 0.122. The summed E-state index contributed by atoms with van der Waals surface area (Å²) < 4.78 is 5.61. The fourth-order valence-electron chi connectivity index (χ4n) is 1.57.